The molecule has 0 saturated heterocycles. The Hall–Kier alpha value is -3.04. The monoisotopic (exact) mass is 424 g/mol. The molecule has 0 saturated carbocycles. The molecule has 3 aromatic rings. The van der Waals surface area contributed by atoms with Crippen LogP contribution in [0.1, 0.15) is 13.8 Å². The fourth-order valence-electron chi connectivity index (χ4n) is 3.08. The third kappa shape index (κ3) is 4.27. The van der Waals surface area contributed by atoms with Crippen LogP contribution in [0.3, 0.4) is 0 Å². The van der Waals surface area contributed by atoms with Crippen molar-refractivity contribution in [3.8, 4) is 11.5 Å². The van der Waals surface area contributed by atoms with Gasteiger partial charge in [0.15, 0.2) is 5.16 Å². The number of benzene rings is 2. The van der Waals surface area contributed by atoms with E-state index in [-0.39, 0.29) is 0 Å². The van der Waals surface area contributed by atoms with Gasteiger partial charge >= 0.3 is 0 Å². The van der Waals surface area contributed by atoms with Gasteiger partial charge in [0, 0.05) is 18.8 Å². The highest BCUT2D eigenvalue weighted by Crippen LogP contribution is 2.34. The summed E-state index contributed by atoms with van der Waals surface area (Å²) in [7, 11) is 0. The van der Waals surface area contributed by atoms with Crippen molar-refractivity contribution in [2.45, 2.75) is 24.9 Å². The van der Waals surface area contributed by atoms with Crippen molar-refractivity contribution in [2.75, 3.05) is 29.5 Å². The van der Waals surface area contributed by atoms with Crippen LogP contribution in [0.2, 0.25) is 0 Å². The molecule has 1 atom stereocenters. The molecular weight excluding hydrogens is 400 g/mol. The van der Waals surface area contributed by atoms with Crippen molar-refractivity contribution in [1.82, 2.24) is 14.5 Å². The lowest BCUT2D eigenvalue weighted by molar-refractivity contribution is 0.00818. The molecule has 0 bridgehead atoms. The standard InChI is InChI=1S/C21H24N6O2S/c1-3-22-18-24-19(23-4-2)27-20(25-18)30-14-21(27,28)26-15-10-12-17(13-11-15)29-16-8-6-5-7-9-16/h5-13,26,28H,3-4,14H2,1-2H3,(H,22,23,24)/t21-/m1/s1. The van der Waals surface area contributed by atoms with Crippen molar-refractivity contribution in [3.63, 3.8) is 0 Å². The van der Waals surface area contributed by atoms with E-state index in [1.165, 1.54) is 11.8 Å². The van der Waals surface area contributed by atoms with Crippen molar-refractivity contribution >= 4 is 23.4 Å². The molecular formula is C21H24N6O2S. The van der Waals surface area contributed by atoms with Gasteiger partial charge in [0.05, 0.1) is 5.75 Å². The molecule has 9 heteroatoms. The van der Waals surface area contributed by atoms with Crippen LogP contribution in [0.5, 0.6) is 11.5 Å². The summed E-state index contributed by atoms with van der Waals surface area (Å²) in [5.41, 5.74) is 1.18. The maximum Gasteiger partial charge on any atom is 0.234 e. The number of rotatable bonds is 7. The lowest BCUT2D eigenvalue weighted by atomic mass is 10.2. The fourth-order valence-corrected chi connectivity index (χ4v) is 4.13. The van der Waals surface area contributed by atoms with Gasteiger partial charge in [0.2, 0.25) is 17.4 Å². The Morgan fingerprint density at radius 1 is 1.10 bits per heavy atom. The highest BCUT2D eigenvalue weighted by atomic mass is 32.2. The zero-order valence-electron chi connectivity index (χ0n) is 16.9. The van der Waals surface area contributed by atoms with Gasteiger partial charge in [-0.1, -0.05) is 30.0 Å². The molecule has 0 amide bonds. The number of aliphatic hydroxyl groups is 1. The summed E-state index contributed by atoms with van der Waals surface area (Å²) >= 11 is 1.45. The molecule has 3 N–H and O–H groups in total. The maximum absolute atomic E-state index is 11.4. The molecule has 1 aliphatic heterocycles. The Morgan fingerprint density at radius 2 is 1.83 bits per heavy atom. The number of ether oxygens (including phenoxy) is 1. The van der Waals surface area contributed by atoms with E-state index in [9.17, 15) is 5.11 Å². The number of anilines is 2. The second-order valence-corrected chi connectivity index (χ2v) is 7.58. The van der Waals surface area contributed by atoms with E-state index in [1.807, 2.05) is 68.4 Å². The molecule has 8 nitrogen and oxygen atoms in total. The quantitative estimate of drug-likeness (QED) is 0.501. The third-order valence-electron chi connectivity index (χ3n) is 4.38. The largest absolute Gasteiger partial charge is 0.457 e. The van der Waals surface area contributed by atoms with Crippen molar-refractivity contribution < 1.29 is 9.84 Å². The molecule has 0 aliphatic carbocycles. The first kappa shape index (κ1) is 20.2. The summed E-state index contributed by atoms with van der Waals surface area (Å²) in [6.07, 6.45) is 0. The van der Waals surface area contributed by atoms with Gasteiger partial charge in [0.25, 0.3) is 0 Å². The van der Waals surface area contributed by atoms with Crippen LogP contribution in [0.15, 0.2) is 64.7 Å². The summed E-state index contributed by atoms with van der Waals surface area (Å²) in [4.78, 5) is 13.4. The van der Waals surface area contributed by atoms with Crippen LogP contribution >= 0.6 is 11.8 Å². The molecule has 2 aromatic carbocycles. The molecule has 0 radical (unpaired) electrons. The number of aromatic nitrogens is 3. The Kier molecular flexibility index (Phi) is 5.91. The summed E-state index contributed by atoms with van der Waals surface area (Å²) in [5.74, 6) is 0.989. The average molecular weight is 425 g/mol. The predicted molar refractivity (Wildman–Crippen MR) is 118 cm³/mol. The molecule has 156 valence electrons. The summed E-state index contributed by atoms with van der Waals surface area (Å²) < 4.78 is 7.48. The van der Waals surface area contributed by atoms with Gasteiger partial charge in [-0.2, -0.15) is 9.97 Å². The van der Waals surface area contributed by atoms with E-state index in [2.05, 4.69) is 25.6 Å². The van der Waals surface area contributed by atoms with Gasteiger partial charge in [-0.3, -0.25) is 4.99 Å². The van der Waals surface area contributed by atoms with Gasteiger partial charge in [-0.05, 0) is 50.2 Å². The lowest BCUT2D eigenvalue weighted by Crippen LogP contribution is -2.48. The van der Waals surface area contributed by atoms with Crippen LogP contribution in [-0.4, -0.2) is 38.5 Å². The van der Waals surface area contributed by atoms with E-state index < -0.39 is 5.85 Å². The summed E-state index contributed by atoms with van der Waals surface area (Å²) in [6.45, 7) is 5.17. The highest BCUT2D eigenvalue weighted by molar-refractivity contribution is 7.99. The lowest BCUT2D eigenvalue weighted by Gasteiger charge is -2.27. The van der Waals surface area contributed by atoms with E-state index in [1.54, 1.807) is 4.57 Å². The molecule has 1 aliphatic rings. The highest BCUT2D eigenvalue weighted by Gasteiger charge is 2.39. The van der Waals surface area contributed by atoms with Crippen LogP contribution in [0, 0.1) is 0 Å². The number of nitrogens with one attached hydrogen (secondary N) is 2. The summed E-state index contributed by atoms with van der Waals surface area (Å²) in [6, 6.07) is 17.0. The van der Waals surface area contributed by atoms with E-state index in [0.717, 1.165) is 11.4 Å². The van der Waals surface area contributed by atoms with Crippen LogP contribution < -0.4 is 21.0 Å². The first-order chi connectivity index (χ1) is 14.6. The van der Waals surface area contributed by atoms with Crippen LogP contribution in [0.4, 0.5) is 11.6 Å². The molecule has 0 spiro atoms. The van der Waals surface area contributed by atoms with Crippen molar-refractivity contribution in [1.29, 1.82) is 0 Å². The minimum absolute atomic E-state index is 0.381. The number of nitrogens with zero attached hydrogens (tertiary/aromatic N) is 4. The van der Waals surface area contributed by atoms with Gasteiger partial charge < -0.3 is 20.5 Å². The SMILES string of the molecule is CCN=c1nc(NCC)nc2n1[C@](O)(Nc1ccc(Oc3ccccc3)cc1)CS2. The van der Waals surface area contributed by atoms with E-state index >= 15 is 0 Å². The molecule has 2 heterocycles. The Morgan fingerprint density at radius 3 is 2.53 bits per heavy atom. The third-order valence-corrected chi connectivity index (χ3v) is 5.46. The molecule has 0 fully saturated rings. The number of fused-ring (bicyclic) bond motifs is 1. The Labute approximate surface area is 179 Å². The Balaban J connectivity index is 1.58. The second-order valence-electron chi connectivity index (χ2n) is 6.64. The maximum atomic E-state index is 11.4. The first-order valence-electron chi connectivity index (χ1n) is 9.83. The smallest absolute Gasteiger partial charge is 0.234 e. The van der Waals surface area contributed by atoms with E-state index in [0.29, 0.717) is 41.3 Å². The number of para-hydroxylation sites is 1. The minimum Gasteiger partial charge on any atom is -0.457 e. The van der Waals surface area contributed by atoms with E-state index in [4.69, 9.17) is 4.74 Å². The predicted octanol–water partition coefficient (Wildman–Crippen LogP) is 3.24. The van der Waals surface area contributed by atoms with Crippen molar-refractivity contribution in [3.05, 3.63) is 60.2 Å². The molecule has 0 unspecified atom stereocenters. The molecule has 4 rings (SSSR count). The summed E-state index contributed by atoms with van der Waals surface area (Å²) in [5, 5.41) is 18.3. The first-order valence-corrected chi connectivity index (χ1v) is 10.8. The van der Waals surface area contributed by atoms with Gasteiger partial charge in [0.1, 0.15) is 11.5 Å². The Bertz CT molecular complexity index is 1070. The number of hydrogen-bond acceptors (Lipinski definition) is 8. The fraction of sp³-hybridized carbons (Fsp3) is 0.286. The molecule has 30 heavy (non-hydrogen) atoms. The van der Waals surface area contributed by atoms with Crippen LogP contribution in [-0.2, 0) is 5.85 Å². The zero-order valence-corrected chi connectivity index (χ0v) is 17.7. The van der Waals surface area contributed by atoms with Crippen molar-refractivity contribution in [2.24, 2.45) is 4.99 Å². The van der Waals surface area contributed by atoms with Gasteiger partial charge in [-0.25, -0.2) is 4.57 Å². The second kappa shape index (κ2) is 8.76. The van der Waals surface area contributed by atoms with Crippen LogP contribution in [0.25, 0.3) is 0 Å². The number of thioether (sulfide) groups is 1. The normalized spacial score (nSPS) is 18.2. The zero-order chi connectivity index (χ0) is 21.0. The average Bonchev–Trinajstić information content (AvgIpc) is 3.07. The van der Waals surface area contributed by atoms with Gasteiger partial charge in [-0.15, -0.1) is 0 Å². The topological polar surface area (TPSA) is 96.6 Å². The molecule has 1 aromatic heterocycles. The number of hydrogen-bond donors (Lipinski definition) is 3. The minimum atomic E-state index is -1.39.